The molecule has 2 saturated heterocycles. The van der Waals surface area contributed by atoms with Crippen LogP contribution in [-0.2, 0) is 0 Å². The van der Waals surface area contributed by atoms with Gasteiger partial charge in [0.1, 0.15) is 0 Å². The van der Waals surface area contributed by atoms with E-state index in [-0.39, 0.29) is 17.9 Å². The highest BCUT2D eigenvalue weighted by Gasteiger charge is 2.34. The van der Waals surface area contributed by atoms with Crippen molar-refractivity contribution in [2.75, 3.05) is 5.32 Å². The third-order valence-electron chi connectivity index (χ3n) is 5.01. The zero-order valence-corrected chi connectivity index (χ0v) is 14.6. The van der Waals surface area contributed by atoms with Crippen LogP contribution in [0.25, 0.3) is 0 Å². The summed E-state index contributed by atoms with van der Waals surface area (Å²) in [7, 11) is 0. The molecule has 2 atom stereocenters. The topological polar surface area (TPSA) is 70.2 Å². The second-order valence-corrected chi connectivity index (χ2v) is 7.57. The number of rotatable bonds is 4. The maximum Gasteiger partial charge on any atom is 0.256 e. The number of carbonyl (C=O) groups excluding carboxylic acids is 2. The van der Waals surface area contributed by atoms with Gasteiger partial charge in [-0.1, -0.05) is 12.1 Å². The van der Waals surface area contributed by atoms with Crippen molar-refractivity contribution >= 4 is 28.8 Å². The van der Waals surface area contributed by atoms with E-state index < -0.39 is 0 Å². The largest absolute Gasteiger partial charge is 0.349 e. The first-order valence-corrected chi connectivity index (χ1v) is 9.63. The average Bonchev–Trinajstić information content (AvgIpc) is 3.25. The summed E-state index contributed by atoms with van der Waals surface area (Å²) in [4.78, 5) is 25.0. The van der Waals surface area contributed by atoms with Gasteiger partial charge in [-0.2, -0.15) is 11.3 Å². The number of amides is 2. The van der Waals surface area contributed by atoms with Gasteiger partial charge in [0, 0.05) is 23.5 Å². The molecular formula is C19H21N3O2S. The molecular weight excluding hydrogens is 334 g/mol. The zero-order chi connectivity index (χ0) is 17.2. The minimum atomic E-state index is -0.193. The van der Waals surface area contributed by atoms with Crippen LogP contribution in [0, 0.1) is 0 Å². The van der Waals surface area contributed by atoms with Crippen LogP contribution in [0.3, 0.4) is 0 Å². The predicted octanol–water partition coefficient (Wildman–Crippen LogP) is 3.01. The van der Waals surface area contributed by atoms with E-state index in [0.29, 0.717) is 28.9 Å². The lowest BCUT2D eigenvalue weighted by molar-refractivity contribution is 0.0925. The van der Waals surface area contributed by atoms with E-state index in [2.05, 4.69) is 16.0 Å². The molecule has 130 valence electrons. The van der Waals surface area contributed by atoms with Gasteiger partial charge < -0.3 is 16.0 Å². The number of thiophene rings is 1. The Hall–Kier alpha value is -2.18. The number of hydrogen-bond donors (Lipinski definition) is 3. The standard InChI is InChI=1S/C19H21N3O2S/c23-18(12-7-8-25-11-12)22-17-4-2-1-3-16(17)19(24)21-15-9-13-5-6-14(10-15)20-13/h1-4,7-8,11,13-15,20H,5-6,9-10H2,(H,21,24)(H,22,23). The first-order chi connectivity index (χ1) is 12.2. The molecule has 3 N–H and O–H groups in total. The van der Waals surface area contributed by atoms with E-state index >= 15 is 0 Å². The van der Waals surface area contributed by atoms with Crippen molar-refractivity contribution in [1.29, 1.82) is 0 Å². The van der Waals surface area contributed by atoms with Crippen LogP contribution in [0.2, 0.25) is 0 Å². The van der Waals surface area contributed by atoms with Crippen molar-refractivity contribution in [2.24, 2.45) is 0 Å². The van der Waals surface area contributed by atoms with Gasteiger partial charge in [-0.05, 0) is 49.3 Å². The maximum atomic E-state index is 12.8. The first kappa shape index (κ1) is 16.3. The molecule has 5 nitrogen and oxygen atoms in total. The van der Waals surface area contributed by atoms with E-state index in [1.165, 1.54) is 24.2 Å². The predicted molar refractivity (Wildman–Crippen MR) is 99.1 cm³/mol. The fourth-order valence-corrected chi connectivity index (χ4v) is 4.45. The lowest BCUT2D eigenvalue weighted by atomic mass is 9.99. The molecule has 25 heavy (non-hydrogen) atoms. The van der Waals surface area contributed by atoms with Gasteiger partial charge in [-0.15, -0.1) is 0 Å². The Morgan fingerprint density at radius 3 is 2.52 bits per heavy atom. The number of fused-ring (bicyclic) bond motifs is 2. The monoisotopic (exact) mass is 355 g/mol. The van der Waals surface area contributed by atoms with Gasteiger partial charge in [-0.3, -0.25) is 9.59 Å². The van der Waals surface area contributed by atoms with Crippen LogP contribution in [0.15, 0.2) is 41.1 Å². The number of nitrogens with one attached hydrogen (secondary N) is 3. The molecule has 0 radical (unpaired) electrons. The fourth-order valence-electron chi connectivity index (χ4n) is 3.82. The molecule has 0 aliphatic carbocycles. The molecule has 2 amide bonds. The van der Waals surface area contributed by atoms with E-state index in [0.717, 1.165) is 12.8 Å². The van der Waals surface area contributed by atoms with Crippen LogP contribution in [0.4, 0.5) is 5.69 Å². The summed E-state index contributed by atoms with van der Waals surface area (Å²) in [6.45, 7) is 0. The van der Waals surface area contributed by atoms with E-state index in [9.17, 15) is 9.59 Å². The fraction of sp³-hybridized carbons (Fsp3) is 0.368. The first-order valence-electron chi connectivity index (χ1n) is 8.68. The minimum Gasteiger partial charge on any atom is -0.349 e. The van der Waals surface area contributed by atoms with Crippen molar-refractivity contribution in [2.45, 2.75) is 43.8 Å². The highest BCUT2D eigenvalue weighted by atomic mass is 32.1. The molecule has 2 unspecified atom stereocenters. The van der Waals surface area contributed by atoms with Gasteiger partial charge in [0.15, 0.2) is 0 Å². The van der Waals surface area contributed by atoms with Crippen LogP contribution < -0.4 is 16.0 Å². The number of benzene rings is 1. The summed E-state index contributed by atoms with van der Waals surface area (Å²) >= 11 is 1.47. The van der Waals surface area contributed by atoms with Crippen LogP contribution in [0.1, 0.15) is 46.4 Å². The Morgan fingerprint density at radius 1 is 1.04 bits per heavy atom. The molecule has 2 aliphatic rings. The normalized spacial score (nSPS) is 24.7. The Kier molecular flexibility index (Phi) is 4.55. The number of para-hydroxylation sites is 1. The SMILES string of the molecule is O=C(Nc1ccccc1C(=O)NC1CC2CCC(C1)N2)c1ccsc1. The van der Waals surface area contributed by atoms with Crippen molar-refractivity contribution in [3.05, 3.63) is 52.2 Å². The lowest BCUT2D eigenvalue weighted by Gasteiger charge is -2.29. The van der Waals surface area contributed by atoms with Crippen molar-refractivity contribution in [3.8, 4) is 0 Å². The summed E-state index contributed by atoms with van der Waals surface area (Å²) in [5.74, 6) is -0.311. The number of piperidine rings is 1. The Balaban J connectivity index is 1.46. The summed E-state index contributed by atoms with van der Waals surface area (Å²) in [6.07, 6.45) is 4.35. The molecule has 2 aliphatic heterocycles. The zero-order valence-electron chi connectivity index (χ0n) is 13.8. The third kappa shape index (κ3) is 3.60. The third-order valence-corrected chi connectivity index (χ3v) is 5.69. The minimum absolute atomic E-state index is 0.118. The highest BCUT2D eigenvalue weighted by Crippen LogP contribution is 2.27. The molecule has 4 rings (SSSR count). The summed E-state index contributed by atoms with van der Waals surface area (Å²) in [5, 5.41) is 13.2. The summed E-state index contributed by atoms with van der Waals surface area (Å²) in [5.41, 5.74) is 1.67. The van der Waals surface area contributed by atoms with Gasteiger partial charge in [0.2, 0.25) is 0 Å². The summed E-state index contributed by atoms with van der Waals surface area (Å²) < 4.78 is 0. The molecule has 2 bridgehead atoms. The van der Waals surface area contributed by atoms with Crippen LogP contribution >= 0.6 is 11.3 Å². The van der Waals surface area contributed by atoms with Crippen molar-refractivity contribution in [3.63, 3.8) is 0 Å². The number of carbonyl (C=O) groups is 2. The lowest BCUT2D eigenvalue weighted by Crippen LogP contribution is -2.48. The van der Waals surface area contributed by atoms with Crippen LogP contribution in [0.5, 0.6) is 0 Å². The number of hydrogen-bond acceptors (Lipinski definition) is 4. The van der Waals surface area contributed by atoms with Crippen LogP contribution in [-0.4, -0.2) is 29.9 Å². The Morgan fingerprint density at radius 2 is 1.80 bits per heavy atom. The van der Waals surface area contributed by atoms with E-state index in [1.807, 2.05) is 17.5 Å². The molecule has 3 heterocycles. The molecule has 6 heteroatoms. The van der Waals surface area contributed by atoms with E-state index in [4.69, 9.17) is 0 Å². The van der Waals surface area contributed by atoms with Crippen molar-refractivity contribution in [1.82, 2.24) is 10.6 Å². The van der Waals surface area contributed by atoms with E-state index in [1.54, 1.807) is 23.6 Å². The quantitative estimate of drug-likeness (QED) is 0.790. The average molecular weight is 355 g/mol. The highest BCUT2D eigenvalue weighted by molar-refractivity contribution is 7.08. The number of anilines is 1. The smallest absolute Gasteiger partial charge is 0.256 e. The Labute approximate surface area is 150 Å². The second-order valence-electron chi connectivity index (χ2n) is 6.79. The van der Waals surface area contributed by atoms with Gasteiger partial charge in [-0.25, -0.2) is 0 Å². The van der Waals surface area contributed by atoms with Gasteiger partial charge in [0.25, 0.3) is 11.8 Å². The molecule has 0 spiro atoms. The molecule has 2 fully saturated rings. The van der Waals surface area contributed by atoms with Gasteiger partial charge in [0.05, 0.1) is 16.8 Å². The molecule has 1 aromatic heterocycles. The Bertz CT molecular complexity index is 763. The van der Waals surface area contributed by atoms with Gasteiger partial charge >= 0.3 is 0 Å². The summed E-state index contributed by atoms with van der Waals surface area (Å²) in [6, 6.07) is 10.2. The molecule has 1 aromatic carbocycles. The molecule has 0 saturated carbocycles. The second kappa shape index (κ2) is 6.98. The van der Waals surface area contributed by atoms with Crippen molar-refractivity contribution < 1.29 is 9.59 Å². The maximum absolute atomic E-state index is 12.8. The molecule has 2 aromatic rings.